The molecule has 0 bridgehead atoms. The number of carboxylic acids is 1. The van der Waals surface area contributed by atoms with E-state index in [0.29, 0.717) is 19.5 Å². The Morgan fingerprint density at radius 2 is 1.79 bits per heavy atom. The fourth-order valence-electron chi connectivity index (χ4n) is 3.59. The Labute approximate surface area is 166 Å². The molecule has 1 aliphatic heterocycles. The van der Waals surface area contributed by atoms with E-state index in [1.54, 1.807) is 4.90 Å². The maximum atomic E-state index is 13.0. The van der Waals surface area contributed by atoms with Crippen molar-refractivity contribution < 1.29 is 19.5 Å². The van der Waals surface area contributed by atoms with Gasteiger partial charge in [0.2, 0.25) is 5.91 Å². The highest BCUT2D eigenvalue weighted by atomic mass is 16.4. The number of nitrogens with one attached hydrogen (secondary N) is 2. The minimum Gasteiger partial charge on any atom is -0.481 e. The van der Waals surface area contributed by atoms with Gasteiger partial charge < -0.3 is 20.6 Å². The predicted molar refractivity (Wildman–Crippen MR) is 107 cm³/mol. The molecule has 3 N–H and O–H groups in total. The van der Waals surface area contributed by atoms with E-state index < -0.39 is 23.5 Å². The molecule has 3 amide bonds. The van der Waals surface area contributed by atoms with Gasteiger partial charge in [-0.05, 0) is 23.8 Å². The van der Waals surface area contributed by atoms with Gasteiger partial charge in [0.05, 0.1) is 5.41 Å². The third kappa shape index (κ3) is 4.82. The van der Waals surface area contributed by atoms with Gasteiger partial charge >= 0.3 is 12.0 Å². The van der Waals surface area contributed by atoms with Gasteiger partial charge in [-0.25, -0.2) is 4.79 Å². The summed E-state index contributed by atoms with van der Waals surface area (Å²) in [6.07, 6.45) is 0.427. The molecule has 1 aliphatic rings. The van der Waals surface area contributed by atoms with Crippen molar-refractivity contribution in [1.82, 2.24) is 15.5 Å². The van der Waals surface area contributed by atoms with E-state index in [0.717, 1.165) is 5.56 Å². The summed E-state index contributed by atoms with van der Waals surface area (Å²) >= 11 is 0. The molecule has 28 heavy (non-hydrogen) atoms. The monoisotopic (exact) mass is 389 g/mol. The molecule has 7 nitrogen and oxygen atoms in total. The first-order chi connectivity index (χ1) is 13.2. The second-order valence-corrected chi connectivity index (χ2v) is 8.16. The zero-order valence-electron chi connectivity index (χ0n) is 17.1. The summed E-state index contributed by atoms with van der Waals surface area (Å²) in [5.41, 5.74) is 0.0417. The van der Waals surface area contributed by atoms with Crippen LogP contribution in [-0.4, -0.2) is 47.0 Å². The Balaban J connectivity index is 2.00. The summed E-state index contributed by atoms with van der Waals surface area (Å²) < 4.78 is 0. The molecule has 2 unspecified atom stereocenters. The summed E-state index contributed by atoms with van der Waals surface area (Å²) in [6.45, 7) is 8.40. The molecule has 0 radical (unpaired) electrons. The van der Waals surface area contributed by atoms with Crippen LogP contribution < -0.4 is 10.6 Å². The topological polar surface area (TPSA) is 98.7 Å². The van der Waals surface area contributed by atoms with Crippen LogP contribution in [0.5, 0.6) is 0 Å². The van der Waals surface area contributed by atoms with Crippen LogP contribution in [0.3, 0.4) is 0 Å². The maximum Gasteiger partial charge on any atom is 0.315 e. The Kier molecular flexibility index (Phi) is 7.05. The maximum absolute atomic E-state index is 13.0. The largest absolute Gasteiger partial charge is 0.481 e. The number of amides is 3. The average molecular weight is 389 g/mol. The summed E-state index contributed by atoms with van der Waals surface area (Å²) in [5, 5.41) is 15.2. The third-order valence-corrected chi connectivity index (χ3v) is 5.66. The first-order valence-corrected chi connectivity index (χ1v) is 9.78. The Morgan fingerprint density at radius 1 is 1.14 bits per heavy atom. The Bertz CT molecular complexity index is 705. The number of rotatable bonds is 7. The molecular weight excluding hydrogens is 358 g/mol. The third-order valence-electron chi connectivity index (χ3n) is 5.66. The van der Waals surface area contributed by atoms with Crippen LogP contribution in [0.15, 0.2) is 30.3 Å². The van der Waals surface area contributed by atoms with Gasteiger partial charge in [-0.3, -0.25) is 9.59 Å². The van der Waals surface area contributed by atoms with Crippen LogP contribution in [0.25, 0.3) is 0 Å². The van der Waals surface area contributed by atoms with Gasteiger partial charge in [-0.15, -0.1) is 0 Å². The minimum absolute atomic E-state index is 0.0811. The van der Waals surface area contributed by atoms with Crippen LogP contribution in [-0.2, 0) is 16.1 Å². The van der Waals surface area contributed by atoms with E-state index in [4.69, 9.17) is 0 Å². The van der Waals surface area contributed by atoms with E-state index in [1.807, 2.05) is 58.0 Å². The molecule has 2 rings (SSSR count). The molecule has 1 heterocycles. The number of benzene rings is 1. The quantitative estimate of drug-likeness (QED) is 0.667. The van der Waals surface area contributed by atoms with Gasteiger partial charge in [-0.1, -0.05) is 58.0 Å². The molecule has 1 aromatic rings. The summed E-state index contributed by atoms with van der Waals surface area (Å²) in [5.74, 6) is -1.29. The van der Waals surface area contributed by atoms with Crippen molar-refractivity contribution in [2.75, 3.05) is 13.1 Å². The number of carbonyl (C=O) groups is 3. The van der Waals surface area contributed by atoms with Gasteiger partial charge in [0.25, 0.3) is 0 Å². The zero-order valence-corrected chi connectivity index (χ0v) is 17.1. The van der Waals surface area contributed by atoms with Gasteiger partial charge in [-0.2, -0.15) is 0 Å². The standard InChI is InChI=1S/C21H31N3O4/c1-14(2)17(23-20(28)22-12-16-8-6-5-7-9-16)18(25)24-11-10-21(13-24,15(3)4)19(26)27/h5-9,14-15,17H,10-13H2,1-4H3,(H,26,27)(H2,22,23,28). The minimum atomic E-state index is -0.924. The molecule has 1 fully saturated rings. The van der Waals surface area contributed by atoms with Gasteiger partial charge in [0.1, 0.15) is 6.04 Å². The molecule has 154 valence electrons. The van der Waals surface area contributed by atoms with Crippen LogP contribution in [0.4, 0.5) is 4.79 Å². The van der Waals surface area contributed by atoms with E-state index in [9.17, 15) is 19.5 Å². The molecule has 1 saturated heterocycles. The highest BCUT2D eigenvalue weighted by Crippen LogP contribution is 2.38. The molecular formula is C21H31N3O4. The number of urea groups is 1. The van der Waals surface area contributed by atoms with Crippen LogP contribution in [0.1, 0.15) is 39.7 Å². The molecule has 0 aliphatic carbocycles. The molecule has 7 heteroatoms. The van der Waals surface area contributed by atoms with E-state index >= 15 is 0 Å². The fourth-order valence-corrected chi connectivity index (χ4v) is 3.59. The average Bonchev–Trinajstić information content (AvgIpc) is 3.11. The summed E-state index contributed by atoms with van der Waals surface area (Å²) in [6, 6.07) is 8.40. The van der Waals surface area contributed by atoms with Crippen molar-refractivity contribution >= 4 is 17.9 Å². The number of aliphatic carboxylic acids is 1. The fraction of sp³-hybridized carbons (Fsp3) is 0.571. The first kappa shape index (κ1) is 21.7. The van der Waals surface area contributed by atoms with Crippen molar-refractivity contribution in [3.8, 4) is 0 Å². The Morgan fingerprint density at radius 3 is 2.29 bits per heavy atom. The lowest BCUT2D eigenvalue weighted by atomic mass is 9.76. The van der Waals surface area contributed by atoms with E-state index in [-0.39, 0.29) is 24.3 Å². The normalized spacial score (nSPS) is 20.3. The summed E-state index contributed by atoms with van der Waals surface area (Å²) in [4.78, 5) is 38.7. The lowest BCUT2D eigenvalue weighted by Gasteiger charge is -2.31. The Hall–Kier alpha value is -2.57. The van der Waals surface area contributed by atoms with Crippen molar-refractivity contribution in [3.63, 3.8) is 0 Å². The highest BCUT2D eigenvalue weighted by molar-refractivity contribution is 5.88. The van der Waals surface area contributed by atoms with Crippen molar-refractivity contribution in [2.45, 2.75) is 46.7 Å². The van der Waals surface area contributed by atoms with Crippen molar-refractivity contribution in [2.24, 2.45) is 17.3 Å². The second kappa shape index (κ2) is 9.08. The number of hydrogen-bond donors (Lipinski definition) is 3. The summed E-state index contributed by atoms with van der Waals surface area (Å²) in [7, 11) is 0. The number of likely N-dealkylation sites (tertiary alicyclic amines) is 1. The molecule has 0 saturated carbocycles. The van der Waals surface area contributed by atoms with Crippen LogP contribution in [0.2, 0.25) is 0 Å². The molecule has 0 aromatic heterocycles. The number of nitrogens with zero attached hydrogens (tertiary/aromatic N) is 1. The second-order valence-electron chi connectivity index (χ2n) is 8.16. The zero-order chi connectivity index (χ0) is 20.9. The molecule has 0 spiro atoms. The van der Waals surface area contributed by atoms with Crippen molar-refractivity contribution in [3.05, 3.63) is 35.9 Å². The smallest absolute Gasteiger partial charge is 0.315 e. The first-order valence-electron chi connectivity index (χ1n) is 9.78. The number of carboxylic acid groups (broad SMARTS) is 1. The van der Waals surface area contributed by atoms with Crippen LogP contribution >= 0.6 is 0 Å². The SMILES string of the molecule is CC(C)C(NC(=O)NCc1ccccc1)C(=O)N1CCC(C(=O)O)(C(C)C)C1. The predicted octanol–water partition coefficient (Wildman–Crippen LogP) is 2.47. The lowest BCUT2D eigenvalue weighted by Crippen LogP contribution is -2.53. The highest BCUT2D eigenvalue weighted by Gasteiger charge is 2.49. The van der Waals surface area contributed by atoms with Gasteiger partial charge in [0, 0.05) is 19.6 Å². The van der Waals surface area contributed by atoms with E-state index in [1.165, 1.54) is 0 Å². The molecule has 2 atom stereocenters. The lowest BCUT2D eigenvalue weighted by molar-refractivity contribution is -0.151. The van der Waals surface area contributed by atoms with E-state index in [2.05, 4.69) is 10.6 Å². The molecule has 1 aromatic carbocycles. The van der Waals surface area contributed by atoms with Crippen molar-refractivity contribution in [1.29, 1.82) is 0 Å². The van der Waals surface area contributed by atoms with Crippen LogP contribution in [0, 0.1) is 17.3 Å². The van der Waals surface area contributed by atoms with Gasteiger partial charge in [0.15, 0.2) is 0 Å². The number of carbonyl (C=O) groups excluding carboxylic acids is 2. The number of hydrogen-bond acceptors (Lipinski definition) is 3.